The third-order valence-electron chi connectivity index (χ3n) is 12.6. The van der Waals surface area contributed by atoms with Crippen LogP contribution >= 0.6 is 12.4 Å². The Morgan fingerprint density at radius 1 is 0.552 bits per heavy atom. The van der Waals surface area contributed by atoms with Crippen LogP contribution in [-0.2, 0) is 28.7 Å². The number of nitrogens with one attached hydrogen (secondary N) is 3. The fourth-order valence-corrected chi connectivity index (χ4v) is 10.00. The fraction of sp³-hybridized carbons (Fsp3) is 0.591. The van der Waals surface area contributed by atoms with Gasteiger partial charge in [-0.15, -0.1) is 12.4 Å². The summed E-state index contributed by atoms with van der Waals surface area (Å²) in [6.07, 6.45) is 3.58. The van der Waals surface area contributed by atoms with Crippen LogP contribution in [0.4, 0.5) is 0 Å². The van der Waals surface area contributed by atoms with Crippen LogP contribution in [0.15, 0.2) is 60.7 Å². The molecule has 10 atom stereocenters. The second-order valence-electron chi connectivity index (χ2n) is 16.9. The molecule has 0 aliphatic heterocycles. The van der Waals surface area contributed by atoms with E-state index in [0.717, 1.165) is 25.9 Å². The molecule has 3 N–H and O–H groups in total. The van der Waals surface area contributed by atoms with Crippen LogP contribution in [0, 0.1) is 47.3 Å². The molecule has 14 heteroatoms. The van der Waals surface area contributed by atoms with Gasteiger partial charge in [0.1, 0.15) is 12.2 Å². The van der Waals surface area contributed by atoms with Gasteiger partial charge in [-0.1, -0.05) is 36.4 Å². The summed E-state index contributed by atoms with van der Waals surface area (Å²) in [5, 5.41) is 8.79. The smallest absolute Gasteiger partial charge is 0.338 e. The van der Waals surface area contributed by atoms with Gasteiger partial charge >= 0.3 is 11.9 Å². The first-order valence-corrected chi connectivity index (χ1v) is 20.6. The van der Waals surface area contributed by atoms with Gasteiger partial charge in [-0.3, -0.25) is 24.5 Å². The average Bonchev–Trinajstić information content (AvgIpc) is 3.21. The zero-order valence-electron chi connectivity index (χ0n) is 34.1. The zero-order valence-corrected chi connectivity index (χ0v) is 34.9. The minimum absolute atomic E-state index is 0. The number of nitrogens with zero attached hydrogens (tertiary/aromatic N) is 2. The van der Waals surface area contributed by atoms with Gasteiger partial charge in [0.15, 0.2) is 0 Å². The molecule has 2 aromatic rings. The largest absolute Gasteiger partial charge is 0.458 e. The van der Waals surface area contributed by atoms with Crippen molar-refractivity contribution >= 4 is 48.0 Å². The highest BCUT2D eigenvalue weighted by Crippen LogP contribution is 2.52. The van der Waals surface area contributed by atoms with E-state index in [4.69, 9.17) is 9.47 Å². The van der Waals surface area contributed by atoms with Gasteiger partial charge in [0.05, 0.1) is 34.8 Å². The van der Waals surface area contributed by atoms with Crippen LogP contribution in [0.3, 0.4) is 0 Å². The number of fused-ring (bicyclic) bond motifs is 6. The molecule has 0 spiro atoms. The number of carbonyl (C=O) groups excluding carboxylic acids is 6. The molecule has 58 heavy (non-hydrogen) atoms. The van der Waals surface area contributed by atoms with Gasteiger partial charge in [-0.2, -0.15) is 0 Å². The molecule has 4 bridgehead atoms. The molecule has 0 heterocycles. The van der Waals surface area contributed by atoms with Gasteiger partial charge in [0.25, 0.3) is 0 Å². The second-order valence-corrected chi connectivity index (χ2v) is 16.9. The van der Waals surface area contributed by atoms with Crippen molar-refractivity contribution in [1.29, 1.82) is 0 Å². The molecule has 0 saturated heterocycles. The highest BCUT2D eigenvalue weighted by Gasteiger charge is 2.58. The molecule has 6 saturated carbocycles. The van der Waals surface area contributed by atoms with Gasteiger partial charge in [0.2, 0.25) is 23.6 Å². The summed E-state index contributed by atoms with van der Waals surface area (Å²) in [6, 6.07) is 17.3. The molecule has 316 valence electrons. The lowest BCUT2D eigenvalue weighted by Gasteiger charge is -2.51. The molecular formula is C44H60ClN5O8. The maximum Gasteiger partial charge on any atom is 0.338 e. The minimum Gasteiger partial charge on any atom is -0.458 e. The summed E-state index contributed by atoms with van der Waals surface area (Å²) in [5.74, 6) is -7.48. The summed E-state index contributed by atoms with van der Waals surface area (Å²) in [5.41, 5.74) is 0.789. The predicted octanol–water partition coefficient (Wildman–Crippen LogP) is 3.96. The van der Waals surface area contributed by atoms with E-state index in [2.05, 4.69) is 16.0 Å². The molecule has 2 aromatic carbocycles. The number of imide groups is 1. The quantitative estimate of drug-likeness (QED) is 0.128. The summed E-state index contributed by atoms with van der Waals surface area (Å²) in [7, 11) is 7.85. The Kier molecular flexibility index (Phi) is 15.9. The number of benzene rings is 2. The van der Waals surface area contributed by atoms with E-state index in [9.17, 15) is 28.8 Å². The van der Waals surface area contributed by atoms with Crippen molar-refractivity contribution in [3.63, 3.8) is 0 Å². The predicted molar refractivity (Wildman–Crippen MR) is 220 cm³/mol. The first-order chi connectivity index (χ1) is 27.4. The van der Waals surface area contributed by atoms with Crippen molar-refractivity contribution in [2.24, 2.45) is 47.3 Å². The fourth-order valence-electron chi connectivity index (χ4n) is 10.00. The van der Waals surface area contributed by atoms with E-state index >= 15 is 0 Å². The summed E-state index contributed by atoms with van der Waals surface area (Å²) < 4.78 is 12.1. The van der Waals surface area contributed by atoms with E-state index in [1.54, 1.807) is 48.5 Å². The lowest BCUT2D eigenvalue weighted by Crippen LogP contribution is -2.61. The number of ether oxygens (including phenoxy) is 2. The van der Waals surface area contributed by atoms with Crippen LogP contribution < -0.4 is 16.0 Å². The van der Waals surface area contributed by atoms with Crippen LogP contribution in [0.5, 0.6) is 0 Å². The summed E-state index contributed by atoms with van der Waals surface area (Å²) in [6.45, 7) is 2.43. The first kappa shape index (κ1) is 44.8. The van der Waals surface area contributed by atoms with E-state index in [1.165, 1.54) is 0 Å². The number of hydrogen-bond acceptors (Lipinski definition) is 10. The minimum atomic E-state index is -0.935. The first-order valence-electron chi connectivity index (χ1n) is 20.6. The van der Waals surface area contributed by atoms with Gasteiger partial charge in [0, 0.05) is 24.9 Å². The Hall–Kier alpha value is -4.33. The van der Waals surface area contributed by atoms with E-state index < -0.39 is 71.5 Å². The monoisotopic (exact) mass is 821 g/mol. The van der Waals surface area contributed by atoms with Gasteiger partial charge < -0.3 is 29.9 Å². The maximum atomic E-state index is 14.6. The number of carbonyl (C=O) groups is 6. The topological polar surface area (TPSA) is 163 Å². The Morgan fingerprint density at radius 2 is 0.931 bits per heavy atom. The van der Waals surface area contributed by atoms with Gasteiger partial charge in [-0.25, -0.2) is 9.59 Å². The molecule has 10 unspecified atom stereocenters. The van der Waals surface area contributed by atoms with E-state index in [0.29, 0.717) is 62.7 Å². The summed E-state index contributed by atoms with van der Waals surface area (Å²) in [4.78, 5) is 87.8. The second kappa shape index (κ2) is 20.6. The number of rotatable bonds is 16. The molecular weight excluding hydrogens is 762 g/mol. The third kappa shape index (κ3) is 10.6. The number of esters is 2. The lowest BCUT2D eigenvalue weighted by atomic mass is 9.56. The standard InChI is InChI=1S/C44H59N5O8.ClH/c1-48(2)23-11-21-45-39(50)35-29-17-19-31(33(25-29)56-43(54)27-13-7-5-8-14-27)37(35)41(52)47-42(53)38-32-20-18-30(36(38)40(51)46-22-12-24-49(3)4)26-34(32)57-44(55)28-15-9-6-10-16-28;/h5-10,13-16,29-38H,11-12,17-26H2,1-4H3,(H,45,50)(H,46,51)(H,47,52,53);1H. The lowest BCUT2D eigenvalue weighted by molar-refractivity contribution is -0.162. The van der Waals surface area contributed by atoms with Crippen LogP contribution in [0.1, 0.15) is 72.1 Å². The normalized spacial score (nSPS) is 28.2. The molecule has 13 nitrogen and oxygen atoms in total. The Morgan fingerprint density at radius 3 is 1.29 bits per heavy atom. The Labute approximate surface area is 348 Å². The van der Waals surface area contributed by atoms with E-state index in [-0.39, 0.29) is 36.1 Å². The molecule has 8 rings (SSSR count). The van der Waals surface area contributed by atoms with Crippen molar-refractivity contribution in [1.82, 2.24) is 25.8 Å². The van der Waals surface area contributed by atoms with Crippen molar-refractivity contribution in [2.45, 2.75) is 63.6 Å². The SMILES string of the molecule is CN(C)CCCNC(=O)C1C2CCC(C(OC(=O)c3ccccc3)C2)C1C(=O)NC(=O)C1C2CCC(CC2OC(=O)c2ccccc2)C1C(=O)NCCCN(C)C.Cl. The zero-order chi connectivity index (χ0) is 40.6. The third-order valence-corrected chi connectivity index (χ3v) is 12.6. The van der Waals surface area contributed by atoms with Crippen LogP contribution in [0.2, 0.25) is 0 Å². The molecule has 6 aliphatic carbocycles. The highest BCUT2D eigenvalue weighted by molar-refractivity contribution is 6.01. The average molecular weight is 822 g/mol. The van der Waals surface area contributed by atoms with Crippen molar-refractivity contribution in [3.05, 3.63) is 71.8 Å². The Balaban J connectivity index is 0.00000641. The molecule has 4 amide bonds. The van der Waals surface area contributed by atoms with Crippen molar-refractivity contribution in [3.8, 4) is 0 Å². The molecule has 6 fully saturated rings. The highest BCUT2D eigenvalue weighted by atomic mass is 35.5. The molecule has 6 aliphatic rings. The van der Waals surface area contributed by atoms with Crippen molar-refractivity contribution < 1.29 is 38.2 Å². The van der Waals surface area contributed by atoms with Crippen molar-refractivity contribution in [2.75, 3.05) is 54.4 Å². The van der Waals surface area contributed by atoms with Gasteiger partial charge in [-0.05, 0) is 129 Å². The number of amides is 4. The summed E-state index contributed by atoms with van der Waals surface area (Å²) >= 11 is 0. The maximum absolute atomic E-state index is 14.6. The number of hydrogen-bond donors (Lipinski definition) is 3. The van der Waals surface area contributed by atoms with Crippen LogP contribution in [0.25, 0.3) is 0 Å². The van der Waals surface area contributed by atoms with E-state index in [1.807, 2.05) is 50.1 Å². The molecule has 0 radical (unpaired) electrons. The molecule has 0 aromatic heterocycles. The van der Waals surface area contributed by atoms with Crippen LogP contribution in [-0.4, -0.2) is 112 Å². The Bertz CT molecular complexity index is 1620. The number of halogens is 1.